The molecule has 0 N–H and O–H groups in total. The third-order valence-electron chi connectivity index (χ3n) is 4.17. The van der Waals surface area contributed by atoms with Crippen molar-refractivity contribution in [3.8, 4) is 5.75 Å². The minimum Gasteiger partial charge on any atom is -0.489 e. The standard InChI is InChI=1S/C22H24FN3O4/c1-5-25(21(28)30-22(2,3)4)26-14-24-19-12-17(9-10-18(19)20(26)27)29-13-15-7-6-8-16(23)11-15/h6-12,14H,5,13H2,1-4H3. The van der Waals surface area contributed by atoms with Crippen LogP contribution < -0.4 is 15.3 Å². The highest BCUT2D eigenvalue weighted by atomic mass is 19.1. The lowest BCUT2D eigenvalue weighted by atomic mass is 10.2. The van der Waals surface area contributed by atoms with Crippen LogP contribution in [-0.2, 0) is 11.3 Å². The summed E-state index contributed by atoms with van der Waals surface area (Å²) in [7, 11) is 0. The van der Waals surface area contributed by atoms with Crippen LogP contribution in [0.3, 0.4) is 0 Å². The van der Waals surface area contributed by atoms with E-state index in [1.807, 2.05) is 0 Å². The Balaban J connectivity index is 1.85. The maximum absolute atomic E-state index is 13.3. The lowest BCUT2D eigenvalue weighted by Gasteiger charge is -2.27. The zero-order chi connectivity index (χ0) is 21.9. The Kier molecular flexibility index (Phi) is 6.05. The quantitative estimate of drug-likeness (QED) is 0.632. The van der Waals surface area contributed by atoms with Crippen molar-refractivity contribution in [2.45, 2.75) is 39.9 Å². The van der Waals surface area contributed by atoms with Crippen molar-refractivity contribution in [3.63, 3.8) is 0 Å². The molecule has 8 heteroatoms. The molecule has 1 heterocycles. The van der Waals surface area contributed by atoms with Gasteiger partial charge in [0.15, 0.2) is 0 Å². The molecule has 0 unspecified atom stereocenters. The third kappa shape index (κ3) is 4.94. The minimum atomic E-state index is -0.688. The highest BCUT2D eigenvalue weighted by molar-refractivity contribution is 5.81. The number of hydrogen-bond acceptors (Lipinski definition) is 5. The number of fused-ring (bicyclic) bond motifs is 1. The van der Waals surface area contributed by atoms with Crippen LogP contribution in [-0.4, -0.2) is 27.9 Å². The fourth-order valence-corrected chi connectivity index (χ4v) is 2.83. The lowest BCUT2D eigenvalue weighted by molar-refractivity contribution is 0.0538. The number of rotatable bonds is 5. The van der Waals surface area contributed by atoms with Crippen LogP contribution in [0.25, 0.3) is 10.9 Å². The second-order valence-electron chi connectivity index (χ2n) is 7.69. The molecule has 7 nitrogen and oxygen atoms in total. The SMILES string of the molecule is CCN(C(=O)OC(C)(C)C)n1cnc2cc(OCc3cccc(F)c3)ccc2c1=O. The largest absolute Gasteiger partial charge is 0.489 e. The van der Waals surface area contributed by atoms with Crippen molar-refractivity contribution in [2.75, 3.05) is 11.6 Å². The van der Waals surface area contributed by atoms with Gasteiger partial charge >= 0.3 is 6.09 Å². The molecule has 2 aromatic carbocycles. The van der Waals surface area contributed by atoms with Crippen molar-refractivity contribution < 1.29 is 18.7 Å². The van der Waals surface area contributed by atoms with Gasteiger partial charge < -0.3 is 9.47 Å². The van der Waals surface area contributed by atoms with Gasteiger partial charge in [-0.05, 0) is 57.5 Å². The van der Waals surface area contributed by atoms with E-state index in [1.54, 1.807) is 58.0 Å². The molecule has 0 spiro atoms. The Hall–Kier alpha value is -3.42. The predicted molar refractivity (Wildman–Crippen MR) is 112 cm³/mol. The molecule has 1 amide bonds. The summed E-state index contributed by atoms with van der Waals surface area (Å²) in [6.07, 6.45) is 0.650. The Morgan fingerprint density at radius 2 is 1.97 bits per heavy atom. The average molecular weight is 413 g/mol. The van der Waals surface area contributed by atoms with Crippen LogP contribution in [0.4, 0.5) is 9.18 Å². The van der Waals surface area contributed by atoms with Gasteiger partial charge in [0.25, 0.3) is 5.56 Å². The summed E-state index contributed by atoms with van der Waals surface area (Å²) < 4.78 is 25.5. The summed E-state index contributed by atoms with van der Waals surface area (Å²) in [5, 5.41) is 1.52. The van der Waals surface area contributed by atoms with Gasteiger partial charge in [0.1, 0.15) is 30.1 Å². The normalized spacial score (nSPS) is 11.4. The van der Waals surface area contributed by atoms with Crippen molar-refractivity contribution in [2.24, 2.45) is 0 Å². The molecule has 158 valence electrons. The van der Waals surface area contributed by atoms with E-state index >= 15 is 0 Å². The van der Waals surface area contributed by atoms with Crippen molar-refractivity contribution in [1.82, 2.24) is 9.66 Å². The second-order valence-corrected chi connectivity index (χ2v) is 7.69. The maximum Gasteiger partial charge on any atom is 0.429 e. The molecule has 0 bridgehead atoms. The first-order valence-electron chi connectivity index (χ1n) is 9.57. The highest BCUT2D eigenvalue weighted by Crippen LogP contribution is 2.18. The molecule has 0 fully saturated rings. The first-order chi connectivity index (χ1) is 14.2. The van der Waals surface area contributed by atoms with Crippen LogP contribution in [0.5, 0.6) is 5.75 Å². The van der Waals surface area contributed by atoms with Gasteiger partial charge in [-0.15, -0.1) is 0 Å². The van der Waals surface area contributed by atoms with E-state index in [0.717, 1.165) is 4.68 Å². The number of nitrogens with zero attached hydrogens (tertiary/aromatic N) is 3. The molecule has 0 saturated heterocycles. The molecule has 30 heavy (non-hydrogen) atoms. The number of ether oxygens (including phenoxy) is 2. The Labute approximate surface area is 173 Å². The summed E-state index contributed by atoms with van der Waals surface area (Å²) >= 11 is 0. The number of benzene rings is 2. The average Bonchev–Trinajstić information content (AvgIpc) is 2.67. The molecule has 0 atom stereocenters. The molecule has 0 saturated carbocycles. The smallest absolute Gasteiger partial charge is 0.429 e. The van der Waals surface area contributed by atoms with E-state index in [0.29, 0.717) is 22.2 Å². The molecule has 0 aliphatic heterocycles. The van der Waals surface area contributed by atoms with E-state index in [-0.39, 0.29) is 19.0 Å². The molecule has 0 radical (unpaired) electrons. The molecular weight excluding hydrogens is 389 g/mol. The van der Waals surface area contributed by atoms with Crippen molar-refractivity contribution in [1.29, 1.82) is 0 Å². The van der Waals surface area contributed by atoms with Gasteiger partial charge in [0, 0.05) is 12.6 Å². The predicted octanol–water partition coefficient (Wildman–Crippen LogP) is 4.01. The van der Waals surface area contributed by atoms with E-state index in [9.17, 15) is 14.0 Å². The van der Waals surface area contributed by atoms with Crippen molar-refractivity contribution >= 4 is 17.0 Å². The van der Waals surface area contributed by atoms with Crippen LogP contribution >= 0.6 is 0 Å². The molecular formula is C22H24FN3O4. The minimum absolute atomic E-state index is 0.183. The summed E-state index contributed by atoms with van der Waals surface area (Å²) in [4.78, 5) is 29.7. The maximum atomic E-state index is 13.3. The summed E-state index contributed by atoms with van der Waals surface area (Å²) in [6.45, 7) is 7.42. The van der Waals surface area contributed by atoms with Crippen molar-refractivity contribution in [3.05, 3.63) is 70.5 Å². The zero-order valence-electron chi connectivity index (χ0n) is 17.4. The van der Waals surface area contributed by atoms with Gasteiger partial charge in [-0.3, -0.25) is 4.79 Å². The summed E-state index contributed by atoms with van der Waals surface area (Å²) in [5.41, 5.74) is 0.0267. The number of hydrogen-bond donors (Lipinski definition) is 0. The van der Waals surface area contributed by atoms with Gasteiger partial charge in [0.05, 0.1) is 10.9 Å². The van der Waals surface area contributed by atoms with Gasteiger partial charge in [0.2, 0.25) is 0 Å². The van der Waals surface area contributed by atoms with E-state index < -0.39 is 17.3 Å². The Morgan fingerprint density at radius 1 is 1.20 bits per heavy atom. The first-order valence-corrected chi connectivity index (χ1v) is 9.57. The molecule has 1 aromatic heterocycles. The number of aromatic nitrogens is 2. The number of halogens is 1. The van der Waals surface area contributed by atoms with Crippen LogP contribution in [0.2, 0.25) is 0 Å². The molecule has 0 aliphatic rings. The van der Waals surface area contributed by atoms with E-state index in [1.165, 1.54) is 23.5 Å². The van der Waals surface area contributed by atoms with Crippen LogP contribution in [0.1, 0.15) is 33.3 Å². The summed E-state index contributed by atoms with van der Waals surface area (Å²) in [5.74, 6) is 0.165. The van der Waals surface area contributed by atoms with E-state index in [4.69, 9.17) is 9.47 Å². The molecule has 0 aliphatic carbocycles. The topological polar surface area (TPSA) is 73.7 Å². The number of amides is 1. The second kappa shape index (κ2) is 8.52. The molecule has 3 aromatic rings. The lowest BCUT2D eigenvalue weighted by Crippen LogP contribution is -2.48. The Bertz CT molecular complexity index is 1120. The third-order valence-corrected chi connectivity index (χ3v) is 4.17. The fraction of sp³-hybridized carbons (Fsp3) is 0.318. The van der Waals surface area contributed by atoms with Gasteiger partial charge in [-0.1, -0.05) is 12.1 Å². The monoisotopic (exact) mass is 413 g/mol. The van der Waals surface area contributed by atoms with Gasteiger partial charge in [-0.25, -0.2) is 23.9 Å². The first kappa shape index (κ1) is 21.3. The van der Waals surface area contributed by atoms with E-state index in [2.05, 4.69) is 4.98 Å². The number of carbonyl (C=O) groups is 1. The molecule has 3 rings (SSSR count). The van der Waals surface area contributed by atoms with Crippen LogP contribution in [0, 0.1) is 5.82 Å². The fourth-order valence-electron chi connectivity index (χ4n) is 2.83. The number of carbonyl (C=O) groups excluding carboxylic acids is 1. The Morgan fingerprint density at radius 3 is 2.63 bits per heavy atom. The summed E-state index contributed by atoms with van der Waals surface area (Å²) in [6, 6.07) is 11.0. The van der Waals surface area contributed by atoms with Crippen LogP contribution in [0.15, 0.2) is 53.6 Å². The van der Waals surface area contributed by atoms with Gasteiger partial charge in [-0.2, -0.15) is 0 Å². The zero-order valence-corrected chi connectivity index (χ0v) is 17.4. The highest BCUT2D eigenvalue weighted by Gasteiger charge is 2.23.